The van der Waals surface area contributed by atoms with Crippen molar-refractivity contribution in [1.82, 2.24) is 15.1 Å². The van der Waals surface area contributed by atoms with Gasteiger partial charge in [0.15, 0.2) is 0 Å². The van der Waals surface area contributed by atoms with Gasteiger partial charge in [0.05, 0.1) is 0 Å². The molecule has 4 fully saturated rings. The molecule has 4 aliphatic heterocycles. The summed E-state index contributed by atoms with van der Waals surface area (Å²) in [6.45, 7) is 11.5. The predicted molar refractivity (Wildman–Crippen MR) is 91.5 cm³/mol. The fraction of sp³-hybridized carbons (Fsp3) is 0.944. The molecule has 2 bridgehead atoms. The largest absolute Gasteiger partial charge is 0.444 e. The number of rotatable bonds is 4. The number of carbonyl (C=O) groups is 1. The Hall–Kier alpha value is -0.810. The van der Waals surface area contributed by atoms with E-state index in [9.17, 15) is 4.79 Å². The second kappa shape index (κ2) is 6.98. The maximum atomic E-state index is 12.3. The third-order valence-corrected chi connectivity index (χ3v) is 5.55. The number of piperidine rings is 3. The van der Waals surface area contributed by atoms with Gasteiger partial charge in [-0.2, -0.15) is 0 Å². The standard InChI is InChI=1S/C18H33N3O2/c1-18(2,3)23-17(22)21-10-4-5-15(21)6-9-19-16-13-20-11-7-14(16)8-12-20/h14-16,19H,4-13H2,1-3H3. The monoisotopic (exact) mass is 323 g/mol. The number of amides is 1. The van der Waals surface area contributed by atoms with Crippen LogP contribution < -0.4 is 5.32 Å². The first-order valence-corrected chi connectivity index (χ1v) is 9.38. The van der Waals surface area contributed by atoms with Crippen molar-refractivity contribution >= 4 is 6.09 Å². The molecule has 4 rings (SSSR count). The van der Waals surface area contributed by atoms with Crippen molar-refractivity contribution in [1.29, 1.82) is 0 Å². The van der Waals surface area contributed by atoms with Gasteiger partial charge in [0.1, 0.15) is 5.60 Å². The molecule has 1 amide bonds. The first kappa shape index (κ1) is 17.0. The molecular formula is C18H33N3O2. The lowest BCUT2D eigenvalue weighted by Gasteiger charge is -2.45. The molecule has 0 aliphatic carbocycles. The van der Waals surface area contributed by atoms with Gasteiger partial charge in [0, 0.05) is 25.2 Å². The van der Waals surface area contributed by atoms with Crippen LogP contribution >= 0.6 is 0 Å². The van der Waals surface area contributed by atoms with Crippen LogP contribution in [0.5, 0.6) is 0 Å². The van der Waals surface area contributed by atoms with Gasteiger partial charge in [0.25, 0.3) is 0 Å². The van der Waals surface area contributed by atoms with Crippen molar-refractivity contribution in [3.63, 3.8) is 0 Å². The van der Waals surface area contributed by atoms with Crippen molar-refractivity contribution in [3.8, 4) is 0 Å². The third-order valence-electron chi connectivity index (χ3n) is 5.55. The summed E-state index contributed by atoms with van der Waals surface area (Å²) in [6.07, 6.45) is 5.83. The van der Waals surface area contributed by atoms with Crippen LogP contribution in [0.15, 0.2) is 0 Å². The van der Waals surface area contributed by atoms with Crippen LogP contribution in [0.4, 0.5) is 4.79 Å². The molecule has 0 radical (unpaired) electrons. The molecule has 0 aromatic rings. The van der Waals surface area contributed by atoms with Crippen LogP contribution in [-0.2, 0) is 4.74 Å². The highest BCUT2D eigenvalue weighted by Crippen LogP contribution is 2.28. The maximum absolute atomic E-state index is 12.3. The van der Waals surface area contributed by atoms with E-state index in [1.807, 2.05) is 25.7 Å². The summed E-state index contributed by atoms with van der Waals surface area (Å²) in [4.78, 5) is 16.8. The summed E-state index contributed by atoms with van der Waals surface area (Å²) in [7, 11) is 0. The Morgan fingerprint density at radius 1 is 1.17 bits per heavy atom. The van der Waals surface area contributed by atoms with Gasteiger partial charge in [0.2, 0.25) is 0 Å². The second-order valence-electron chi connectivity index (χ2n) is 8.46. The minimum atomic E-state index is -0.405. The van der Waals surface area contributed by atoms with Crippen molar-refractivity contribution in [3.05, 3.63) is 0 Å². The van der Waals surface area contributed by atoms with Gasteiger partial charge in [-0.25, -0.2) is 4.79 Å². The lowest BCUT2D eigenvalue weighted by atomic mass is 9.84. The first-order valence-electron chi connectivity index (χ1n) is 9.38. The Labute approximate surface area is 140 Å². The van der Waals surface area contributed by atoms with Crippen LogP contribution in [-0.4, -0.2) is 66.3 Å². The van der Waals surface area contributed by atoms with E-state index >= 15 is 0 Å². The van der Waals surface area contributed by atoms with Crippen molar-refractivity contribution in [2.45, 2.75) is 70.6 Å². The molecule has 0 saturated carbocycles. The Morgan fingerprint density at radius 3 is 2.52 bits per heavy atom. The van der Waals surface area contributed by atoms with E-state index in [0.717, 1.165) is 38.3 Å². The highest BCUT2D eigenvalue weighted by molar-refractivity contribution is 5.68. The molecule has 4 aliphatic rings. The van der Waals surface area contributed by atoms with E-state index in [4.69, 9.17) is 4.74 Å². The quantitative estimate of drug-likeness (QED) is 0.863. The second-order valence-corrected chi connectivity index (χ2v) is 8.46. The van der Waals surface area contributed by atoms with Gasteiger partial charge in [-0.05, 0) is 78.4 Å². The molecule has 1 N–H and O–H groups in total. The highest BCUT2D eigenvalue weighted by Gasteiger charge is 2.35. The zero-order valence-corrected chi connectivity index (χ0v) is 15.0. The van der Waals surface area contributed by atoms with Crippen LogP contribution in [0.2, 0.25) is 0 Å². The molecule has 2 unspecified atom stereocenters. The fourth-order valence-electron chi connectivity index (χ4n) is 4.33. The minimum Gasteiger partial charge on any atom is -0.444 e. The number of carbonyl (C=O) groups excluding carboxylic acids is 1. The summed E-state index contributed by atoms with van der Waals surface area (Å²) in [6, 6.07) is 1.01. The Kier molecular flexibility index (Phi) is 5.16. The Morgan fingerprint density at radius 2 is 1.91 bits per heavy atom. The van der Waals surface area contributed by atoms with E-state index in [-0.39, 0.29) is 6.09 Å². The summed E-state index contributed by atoms with van der Waals surface area (Å²) in [5, 5.41) is 3.77. The molecule has 5 nitrogen and oxygen atoms in total. The summed E-state index contributed by atoms with van der Waals surface area (Å²) < 4.78 is 5.55. The van der Waals surface area contributed by atoms with Gasteiger partial charge < -0.3 is 19.9 Å². The van der Waals surface area contributed by atoms with Crippen LogP contribution in [0.3, 0.4) is 0 Å². The van der Waals surface area contributed by atoms with Crippen LogP contribution in [0.1, 0.15) is 52.9 Å². The van der Waals surface area contributed by atoms with Crippen molar-refractivity contribution in [2.24, 2.45) is 5.92 Å². The van der Waals surface area contributed by atoms with Crippen molar-refractivity contribution < 1.29 is 9.53 Å². The van der Waals surface area contributed by atoms with Crippen LogP contribution in [0, 0.1) is 5.92 Å². The lowest BCUT2D eigenvalue weighted by molar-refractivity contribution is 0.0216. The normalized spacial score (nSPS) is 34.0. The molecule has 5 heteroatoms. The van der Waals surface area contributed by atoms with Gasteiger partial charge in [-0.15, -0.1) is 0 Å². The first-order chi connectivity index (χ1) is 10.9. The van der Waals surface area contributed by atoms with E-state index in [1.165, 1.54) is 32.5 Å². The average Bonchev–Trinajstić information content (AvgIpc) is 2.95. The topological polar surface area (TPSA) is 44.8 Å². The molecule has 0 aromatic heterocycles. The summed E-state index contributed by atoms with van der Waals surface area (Å²) >= 11 is 0. The fourth-order valence-corrected chi connectivity index (χ4v) is 4.33. The van der Waals surface area contributed by atoms with E-state index < -0.39 is 5.60 Å². The third kappa shape index (κ3) is 4.38. The highest BCUT2D eigenvalue weighted by atomic mass is 16.6. The molecule has 4 heterocycles. The Balaban J connectivity index is 1.43. The predicted octanol–water partition coefficient (Wildman–Crippen LogP) is 2.46. The maximum Gasteiger partial charge on any atom is 0.410 e. The smallest absolute Gasteiger partial charge is 0.410 e. The molecule has 4 saturated heterocycles. The summed E-state index contributed by atoms with van der Waals surface area (Å²) in [5.74, 6) is 0.866. The molecule has 2 atom stereocenters. The van der Waals surface area contributed by atoms with Gasteiger partial charge >= 0.3 is 6.09 Å². The lowest BCUT2D eigenvalue weighted by Crippen LogP contribution is -2.56. The SMILES string of the molecule is CC(C)(C)OC(=O)N1CCCC1CCNC1CN2CCC1CC2. The number of fused-ring (bicyclic) bond motifs is 3. The number of nitrogens with zero attached hydrogens (tertiary/aromatic N) is 2. The molecule has 0 aromatic carbocycles. The number of likely N-dealkylation sites (tertiary alicyclic amines) is 1. The number of ether oxygens (including phenoxy) is 1. The van der Waals surface area contributed by atoms with Gasteiger partial charge in [-0.1, -0.05) is 0 Å². The van der Waals surface area contributed by atoms with Crippen LogP contribution in [0.25, 0.3) is 0 Å². The zero-order valence-electron chi connectivity index (χ0n) is 15.0. The summed E-state index contributed by atoms with van der Waals surface area (Å²) in [5.41, 5.74) is -0.405. The van der Waals surface area contributed by atoms with Gasteiger partial charge in [-0.3, -0.25) is 0 Å². The zero-order chi connectivity index (χ0) is 16.4. The van der Waals surface area contributed by atoms with E-state index in [1.54, 1.807) is 0 Å². The number of hydrogen-bond acceptors (Lipinski definition) is 4. The number of hydrogen-bond donors (Lipinski definition) is 1. The average molecular weight is 323 g/mol. The number of nitrogens with one attached hydrogen (secondary N) is 1. The van der Waals surface area contributed by atoms with Crippen molar-refractivity contribution in [2.75, 3.05) is 32.7 Å². The molecular weight excluding hydrogens is 290 g/mol. The molecule has 0 spiro atoms. The Bertz CT molecular complexity index is 413. The molecule has 132 valence electrons. The minimum absolute atomic E-state index is 0.136. The van der Waals surface area contributed by atoms with E-state index in [0.29, 0.717) is 12.1 Å². The molecule has 23 heavy (non-hydrogen) atoms. The van der Waals surface area contributed by atoms with E-state index in [2.05, 4.69) is 10.2 Å².